The Morgan fingerprint density at radius 3 is 2.71 bits per heavy atom. The van der Waals surface area contributed by atoms with Crippen molar-refractivity contribution in [3.8, 4) is 17.1 Å². The molecule has 0 radical (unpaired) electrons. The predicted molar refractivity (Wildman–Crippen MR) is 121 cm³/mol. The molecule has 0 spiro atoms. The Hall–Kier alpha value is -3.45. The standard InChI is InChI=1S/C24H21N5OS/c30-22(26-21-13-12-17-7-4-5-11-20(17)21)16-31-24-28-27-23(18-8-6-14-25-15-18)29(24)19-9-2-1-3-10-19/h1-11,14-15,21H,12-13,16H2,(H,26,30). The summed E-state index contributed by atoms with van der Waals surface area (Å²) in [4.78, 5) is 16.9. The fourth-order valence-corrected chi connectivity index (χ4v) is 4.69. The maximum Gasteiger partial charge on any atom is 0.230 e. The highest BCUT2D eigenvalue weighted by atomic mass is 32.2. The van der Waals surface area contributed by atoms with Crippen LogP contribution in [0.2, 0.25) is 0 Å². The first-order chi connectivity index (χ1) is 15.3. The van der Waals surface area contributed by atoms with Gasteiger partial charge in [-0.05, 0) is 48.2 Å². The van der Waals surface area contributed by atoms with Crippen LogP contribution >= 0.6 is 11.8 Å². The van der Waals surface area contributed by atoms with E-state index in [0.717, 1.165) is 24.1 Å². The van der Waals surface area contributed by atoms with E-state index in [9.17, 15) is 4.79 Å². The molecule has 154 valence electrons. The van der Waals surface area contributed by atoms with E-state index in [0.29, 0.717) is 11.0 Å². The van der Waals surface area contributed by atoms with Gasteiger partial charge in [0, 0.05) is 23.6 Å². The number of rotatable bonds is 6. The second-order valence-electron chi connectivity index (χ2n) is 7.37. The summed E-state index contributed by atoms with van der Waals surface area (Å²) in [5.74, 6) is 0.973. The van der Waals surface area contributed by atoms with Crippen molar-refractivity contribution in [2.75, 3.05) is 5.75 Å². The number of carbonyl (C=O) groups excluding carboxylic acids is 1. The number of hydrogen-bond acceptors (Lipinski definition) is 5. The average molecular weight is 428 g/mol. The molecule has 0 fully saturated rings. The number of nitrogens with one attached hydrogen (secondary N) is 1. The Labute approximate surface area is 184 Å². The van der Waals surface area contributed by atoms with Crippen LogP contribution in [0.15, 0.2) is 84.3 Å². The molecule has 0 saturated carbocycles. The quantitative estimate of drug-likeness (QED) is 0.466. The van der Waals surface area contributed by atoms with Crippen molar-refractivity contribution >= 4 is 17.7 Å². The maximum atomic E-state index is 12.7. The van der Waals surface area contributed by atoms with Crippen LogP contribution in [-0.2, 0) is 11.2 Å². The van der Waals surface area contributed by atoms with Gasteiger partial charge in [-0.1, -0.05) is 54.2 Å². The second kappa shape index (κ2) is 8.73. The van der Waals surface area contributed by atoms with Crippen LogP contribution in [0, 0.1) is 0 Å². The Kier molecular flexibility index (Phi) is 5.50. The summed E-state index contributed by atoms with van der Waals surface area (Å²) < 4.78 is 1.97. The number of nitrogens with zero attached hydrogens (tertiary/aromatic N) is 4. The number of carbonyl (C=O) groups is 1. The molecule has 7 heteroatoms. The van der Waals surface area contributed by atoms with Gasteiger partial charge in [0.25, 0.3) is 0 Å². The minimum absolute atomic E-state index is 0.00255. The molecule has 31 heavy (non-hydrogen) atoms. The number of fused-ring (bicyclic) bond motifs is 1. The van der Waals surface area contributed by atoms with Gasteiger partial charge in [-0.25, -0.2) is 0 Å². The Morgan fingerprint density at radius 1 is 1.03 bits per heavy atom. The van der Waals surface area contributed by atoms with E-state index in [1.165, 1.54) is 22.9 Å². The molecule has 4 aromatic rings. The first-order valence-electron chi connectivity index (χ1n) is 10.2. The Bertz CT molecular complexity index is 1190. The van der Waals surface area contributed by atoms with Gasteiger partial charge in [-0.2, -0.15) is 0 Å². The molecule has 5 rings (SSSR count). The first-order valence-corrected chi connectivity index (χ1v) is 11.2. The minimum atomic E-state index is -0.00255. The number of benzene rings is 2. The van der Waals surface area contributed by atoms with Crippen molar-refractivity contribution in [2.24, 2.45) is 0 Å². The lowest BCUT2D eigenvalue weighted by molar-refractivity contribution is -0.119. The number of aromatic nitrogens is 4. The van der Waals surface area contributed by atoms with Crippen molar-refractivity contribution in [1.29, 1.82) is 0 Å². The zero-order valence-electron chi connectivity index (χ0n) is 16.8. The van der Waals surface area contributed by atoms with Gasteiger partial charge in [0.15, 0.2) is 11.0 Å². The monoisotopic (exact) mass is 427 g/mol. The summed E-state index contributed by atoms with van der Waals surface area (Å²) in [7, 11) is 0. The third-order valence-corrected chi connectivity index (χ3v) is 6.30. The highest BCUT2D eigenvalue weighted by molar-refractivity contribution is 7.99. The molecule has 0 aliphatic heterocycles. The van der Waals surface area contributed by atoms with Crippen molar-refractivity contribution < 1.29 is 4.79 Å². The molecule has 1 atom stereocenters. The molecular weight excluding hydrogens is 406 g/mol. The molecular formula is C24H21N5OS. The van der Waals surface area contributed by atoms with Crippen molar-refractivity contribution in [2.45, 2.75) is 24.0 Å². The number of aryl methyl sites for hydroxylation is 1. The van der Waals surface area contributed by atoms with Gasteiger partial charge in [-0.3, -0.25) is 14.3 Å². The average Bonchev–Trinajstić information content (AvgIpc) is 3.43. The van der Waals surface area contributed by atoms with E-state index in [1.54, 1.807) is 12.4 Å². The summed E-state index contributed by atoms with van der Waals surface area (Å²) in [5, 5.41) is 12.6. The highest BCUT2D eigenvalue weighted by Crippen LogP contribution is 2.31. The van der Waals surface area contributed by atoms with Gasteiger partial charge in [0.1, 0.15) is 0 Å². The summed E-state index contributed by atoms with van der Waals surface area (Å²) in [6.07, 6.45) is 5.45. The van der Waals surface area contributed by atoms with Crippen LogP contribution in [-0.4, -0.2) is 31.4 Å². The lowest BCUT2D eigenvalue weighted by Crippen LogP contribution is -2.28. The van der Waals surface area contributed by atoms with Crippen molar-refractivity contribution in [3.05, 3.63) is 90.3 Å². The van der Waals surface area contributed by atoms with E-state index in [-0.39, 0.29) is 17.7 Å². The molecule has 0 bridgehead atoms. The van der Waals surface area contributed by atoms with Gasteiger partial charge < -0.3 is 5.32 Å². The zero-order valence-corrected chi connectivity index (χ0v) is 17.6. The maximum absolute atomic E-state index is 12.7. The molecule has 2 heterocycles. The third-order valence-electron chi connectivity index (χ3n) is 5.37. The van der Waals surface area contributed by atoms with Crippen LogP contribution in [0.4, 0.5) is 0 Å². The SMILES string of the molecule is O=C(CSc1nnc(-c2cccnc2)n1-c1ccccc1)NC1CCc2ccccc21. The largest absolute Gasteiger partial charge is 0.349 e. The molecule has 2 aromatic carbocycles. The fraction of sp³-hybridized carbons (Fsp3) is 0.167. The topological polar surface area (TPSA) is 72.7 Å². The van der Waals surface area contributed by atoms with Crippen LogP contribution in [0.3, 0.4) is 0 Å². The van der Waals surface area contributed by atoms with E-state index in [2.05, 4.69) is 38.7 Å². The number of hydrogen-bond donors (Lipinski definition) is 1. The summed E-state index contributed by atoms with van der Waals surface area (Å²) in [6.45, 7) is 0. The number of pyridine rings is 1. The Balaban J connectivity index is 1.35. The predicted octanol–water partition coefficient (Wildman–Crippen LogP) is 4.23. The summed E-state index contributed by atoms with van der Waals surface area (Å²) in [6, 6.07) is 22.2. The van der Waals surface area contributed by atoms with Gasteiger partial charge >= 0.3 is 0 Å². The van der Waals surface area contributed by atoms with Crippen LogP contribution in [0.5, 0.6) is 0 Å². The smallest absolute Gasteiger partial charge is 0.230 e. The fourth-order valence-electron chi connectivity index (χ4n) is 3.93. The molecule has 1 N–H and O–H groups in total. The van der Waals surface area contributed by atoms with Crippen LogP contribution in [0.25, 0.3) is 17.1 Å². The van der Waals surface area contributed by atoms with Gasteiger partial charge in [0.05, 0.1) is 11.8 Å². The third kappa shape index (κ3) is 4.09. The molecule has 6 nitrogen and oxygen atoms in total. The lowest BCUT2D eigenvalue weighted by atomic mass is 10.1. The first kappa shape index (κ1) is 19.5. The van der Waals surface area contributed by atoms with Crippen molar-refractivity contribution in [1.82, 2.24) is 25.1 Å². The number of amides is 1. The molecule has 2 aromatic heterocycles. The Morgan fingerprint density at radius 2 is 1.87 bits per heavy atom. The van der Waals surface area contributed by atoms with E-state index >= 15 is 0 Å². The van der Waals surface area contributed by atoms with E-state index in [1.807, 2.05) is 53.1 Å². The summed E-state index contributed by atoms with van der Waals surface area (Å²) >= 11 is 1.39. The zero-order chi connectivity index (χ0) is 21.0. The normalized spacial score (nSPS) is 14.9. The van der Waals surface area contributed by atoms with Crippen molar-refractivity contribution in [3.63, 3.8) is 0 Å². The molecule has 1 aliphatic carbocycles. The lowest BCUT2D eigenvalue weighted by Gasteiger charge is -2.14. The summed E-state index contributed by atoms with van der Waals surface area (Å²) in [5.41, 5.74) is 4.37. The molecule has 0 saturated heterocycles. The second-order valence-corrected chi connectivity index (χ2v) is 8.31. The number of para-hydroxylation sites is 1. The van der Waals surface area contributed by atoms with Crippen LogP contribution in [0.1, 0.15) is 23.6 Å². The van der Waals surface area contributed by atoms with Crippen LogP contribution < -0.4 is 5.32 Å². The highest BCUT2D eigenvalue weighted by Gasteiger charge is 2.24. The minimum Gasteiger partial charge on any atom is -0.349 e. The van der Waals surface area contributed by atoms with E-state index < -0.39 is 0 Å². The molecule has 1 unspecified atom stereocenters. The van der Waals surface area contributed by atoms with E-state index in [4.69, 9.17) is 0 Å². The number of thioether (sulfide) groups is 1. The van der Waals surface area contributed by atoms with Gasteiger partial charge in [0.2, 0.25) is 5.91 Å². The molecule has 1 amide bonds. The van der Waals surface area contributed by atoms with Gasteiger partial charge in [-0.15, -0.1) is 10.2 Å². The molecule has 1 aliphatic rings.